The minimum absolute atomic E-state index is 0.220. The Bertz CT molecular complexity index is 162. The van der Waals surface area contributed by atoms with Crippen LogP contribution in [0.25, 0.3) is 0 Å². The minimum atomic E-state index is -1.13. The van der Waals surface area contributed by atoms with Gasteiger partial charge in [0.15, 0.2) is 0 Å². The SMILES string of the molecule is CC=C=C(CC)C(=O)[O-]. The summed E-state index contributed by atoms with van der Waals surface area (Å²) in [5.41, 5.74) is 2.78. The first-order valence-corrected chi connectivity index (χ1v) is 2.83. The highest BCUT2D eigenvalue weighted by atomic mass is 16.4. The molecular formula is C7H9O2-. The van der Waals surface area contributed by atoms with E-state index in [0.717, 1.165) is 0 Å². The second-order valence-electron chi connectivity index (χ2n) is 1.55. The van der Waals surface area contributed by atoms with Crippen molar-refractivity contribution in [3.63, 3.8) is 0 Å². The number of hydrogen-bond acceptors (Lipinski definition) is 2. The molecule has 2 heteroatoms. The lowest BCUT2D eigenvalue weighted by Crippen LogP contribution is -2.23. The smallest absolute Gasteiger partial charge is 0.0751 e. The summed E-state index contributed by atoms with van der Waals surface area (Å²) in [7, 11) is 0. The Hall–Kier alpha value is -1.01. The topological polar surface area (TPSA) is 40.1 Å². The molecule has 0 aromatic rings. The van der Waals surface area contributed by atoms with E-state index >= 15 is 0 Å². The lowest BCUT2D eigenvalue weighted by Gasteiger charge is -1.98. The summed E-state index contributed by atoms with van der Waals surface area (Å²) in [6.45, 7) is 3.47. The number of carbonyl (C=O) groups is 1. The molecule has 0 saturated heterocycles. The van der Waals surface area contributed by atoms with Crippen LogP contribution in [0.2, 0.25) is 0 Å². The Kier molecular flexibility index (Phi) is 3.49. The molecule has 0 bridgehead atoms. The summed E-state index contributed by atoms with van der Waals surface area (Å²) in [6.07, 6.45) is 2.03. The van der Waals surface area contributed by atoms with Crippen LogP contribution >= 0.6 is 0 Å². The van der Waals surface area contributed by atoms with E-state index in [1.807, 2.05) is 0 Å². The molecule has 0 rings (SSSR count). The number of aliphatic carboxylic acids is 1. The molecule has 0 aliphatic rings. The predicted molar refractivity (Wildman–Crippen MR) is 32.6 cm³/mol. The van der Waals surface area contributed by atoms with Crippen LogP contribution in [0.1, 0.15) is 20.3 Å². The number of carboxylic acid groups (broad SMARTS) is 1. The zero-order chi connectivity index (χ0) is 7.28. The summed E-state index contributed by atoms with van der Waals surface area (Å²) >= 11 is 0. The largest absolute Gasteiger partial charge is 0.544 e. The molecule has 0 aromatic carbocycles. The molecular weight excluding hydrogens is 116 g/mol. The van der Waals surface area contributed by atoms with E-state index in [1.54, 1.807) is 19.9 Å². The maximum Gasteiger partial charge on any atom is 0.0751 e. The molecule has 0 unspecified atom stereocenters. The summed E-state index contributed by atoms with van der Waals surface area (Å²) in [4.78, 5) is 10.1. The van der Waals surface area contributed by atoms with E-state index in [4.69, 9.17) is 0 Å². The van der Waals surface area contributed by atoms with Gasteiger partial charge in [0.2, 0.25) is 0 Å². The summed E-state index contributed by atoms with van der Waals surface area (Å²) in [5, 5.41) is 10.1. The zero-order valence-electron chi connectivity index (χ0n) is 5.60. The van der Waals surface area contributed by atoms with Crippen LogP contribution in [-0.2, 0) is 4.79 Å². The monoisotopic (exact) mass is 125 g/mol. The van der Waals surface area contributed by atoms with Crippen molar-refractivity contribution in [2.45, 2.75) is 20.3 Å². The van der Waals surface area contributed by atoms with Gasteiger partial charge in [-0.15, -0.1) is 5.73 Å². The quantitative estimate of drug-likeness (QED) is 0.392. The maximum absolute atomic E-state index is 10.1. The molecule has 0 heterocycles. The number of carboxylic acids is 1. The summed E-state index contributed by atoms with van der Waals surface area (Å²) < 4.78 is 0. The van der Waals surface area contributed by atoms with Gasteiger partial charge in [-0.1, -0.05) is 6.92 Å². The van der Waals surface area contributed by atoms with Crippen LogP contribution in [-0.4, -0.2) is 5.97 Å². The Morgan fingerprint density at radius 1 is 1.78 bits per heavy atom. The molecule has 0 aromatic heterocycles. The molecule has 2 nitrogen and oxygen atoms in total. The first-order valence-electron chi connectivity index (χ1n) is 2.83. The molecule has 0 aliphatic carbocycles. The van der Waals surface area contributed by atoms with Gasteiger partial charge in [0.1, 0.15) is 0 Å². The van der Waals surface area contributed by atoms with E-state index < -0.39 is 5.97 Å². The molecule has 50 valence electrons. The van der Waals surface area contributed by atoms with Crippen molar-refractivity contribution >= 4 is 5.97 Å². The number of hydrogen-bond donors (Lipinski definition) is 0. The lowest BCUT2D eigenvalue weighted by molar-refractivity contribution is -0.299. The van der Waals surface area contributed by atoms with Crippen LogP contribution in [0.15, 0.2) is 17.4 Å². The Labute approximate surface area is 54.5 Å². The lowest BCUT2D eigenvalue weighted by atomic mass is 10.2. The third-order valence-electron chi connectivity index (χ3n) is 0.919. The van der Waals surface area contributed by atoms with Gasteiger partial charge in [0.25, 0.3) is 0 Å². The van der Waals surface area contributed by atoms with Crippen molar-refractivity contribution < 1.29 is 9.90 Å². The van der Waals surface area contributed by atoms with Crippen molar-refractivity contribution in [1.29, 1.82) is 0 Å². The van der Waals surface area contributed by atoms with Crippen molar-refractivity contribution in [1.82, 2.24) is 0 Å². The molecule has 0 spiro atoms. The highest BCUT2D eigenvalue weighted by Gasteiger charge is 1.89. The molecule has 0 N–H and O–H groups in total. The van der Waals surface area contributed by atoms with Crippen molar-refractivity contribution in [2.24, 2.45) is 0 Å². The first kappa shape index (κ1) is 7.99. The second kappa shape index (κ2) is 3.93. The van der Waals surface area contributed by atoms with Crippen LogP contribution in [0.3, 0.4) is 0 Å². The standard InChI is InChI=1S/C7H10O2/c1-3-5-6(4-2)7(8)9/h3H,4H2,1-2H3,(H,8,9)/p-1. The molecule has 0 aliphatic heterocycles. The van der Waals surface area contributed by atoms with Crippen molar-refractivity contribution in [3.05, 3.63) is 17.4 Å². The highest BCUT2D eigenvalue weighted by Crippen LogP contribution is 1.94. The van der Waals surface area contributed by atoms with Gasteiger partial charge >= 0.3 is 0 Å². The minimum Gasteiger partial charge on any atom is -0.544 e. The van der Waals surface area contributed by atoms with Gasteiger partial charge in [-0.05, 0) is 19.4 Å². The van der Waals surface area contributed by atoms with E-state index in [2.05, 4.69) is 5.73 Å². The van der Waals surface area contributed by atoms with Crippen LogP contribution in [0.4, 0.5) is 0 Å². The highest BCUT2D eigenvalue weighted by molar-refractivity contribution is 5.84. The van der Waals surface area contributed by atoms with Crippen molar-refractivity contribution in [3.8, 4) is 0 Å². The molecule has 0 fully saturated rings. The molecule has 0 amide bonds. The zero-order valence-corrected chi connectivity index (χ0v) is 5.60. The molecule has 0 saturated carbocycles. The summed E-state index contributed by atoms with van der Waals surface area (Å²) in [6, 6.07) is 0. The van der Waals surface area contributed by atoms with E-state index in [0.29, 0.717) is 6.42 Å². The van der Waals surface area contributed by atoms with Crippen LogP contribution in [0, 0.1) is 0 Å². The van der Waals surface area contributed by atoms with Gasteiger partial charge in [-0.25, -0.2) is 0 Å². The normalized spacial score (nSPS) is 7.78. The third-order valence-corrected chi connectivity index (χ3v) is 0.919. The fourth-order valence-corrected chi connectivity index (χ4v) is 0.480. The molecule has 0 atom stereocenters. The Balaban J connectivity index is 4.35. The maximum atomic E-state index is 10.1. The third kappa shape index (κ3) is 2.73. The van der Waals surface area contributed by atoms with Gasteiger partial charge in [0.05, 0.1) is 5.97 Å². The Morgan fingerprint density at radius 3 is 2.44 bits per heavy atom. The predicted octanol–water partition coefficient (Wildman–Crippen LogP) is 0.248. The van der Waals surface area contributed by atoms with Gasteiger partial charge < -0.3 is 9.90 Å². The van der Waals surface area contributed by atoms with E-state index in [1.165, 1.54) is 0 Å². The average Bonchev–Trinajstić information content (AvgIpc) is 1.82. The van der Waals surface area contributed by atoms with Gasteiger partial charge in [-0.2, -0.15) is 0 Å². The average molecular weight is 125 g/mol. The fourth-order valence-electron chi connectivity index (χ4n) is 0.480. The Morgan fingerprint density at radius 2 is 2.33 bits per heavy atom. The fraction of sp³-hybridized carbons (Fsp3) is 0.429. The van der Waals surface area contributed by atoms with E-state index in [-0.39, 0.29) is 5.57 Å². The number of carbonyl (C=O) groups excluding carboxylic acids is 1. The van der Waals surface area contributed by atoms with Gasteiger partial charge in [0, 0.05) is 5.57 Å². The summed E-state index contributed by atoms with van der Waals surface area (Å²) in [5.74, 6) is -1.13. The first-order chi connectivity index (χ1) is 4.22. The van der Waals surface area contributed by atoms with Gasteiger partial charge in [-0.3, -0.25) is 0 Å². The molecule has 0 radical (unpaired) electrons. The second-order valence-corrected chi connectivity index (χ2v) is 1.55. The number of rotatable bonds is 2. The van der Waals surface area contributed by atoms with Crippen LogP contribution < -0.4 is 5.11 Å². The van der Waals surface area contributed by atoms with Crippen LogP contribution in [0.5, 0.6) is 0 Å². The molecule has 9 heavy (non-hydrogen) atoms. The van der Waals surface area contributed by atoms with E-state index in [9.17, 15) is 9.90 Å². The van der Waals surface area contributed by atoms with Crippen molar-refractivity contribution in [2.75, 3.05) is 0 Å².